The topological polar surface area (TPSA) is 76.4 Å². The first kappa shape index (κ1) is 16.8. The second kappa shape index (κ2) is 6.86. The van der Waals surface area contributed by atoms with Crippen LogP contribution in [0.5, 0.6) is 5.75 Å². The third-order valence-electron chi connectivity index (χ3n) is 3.87. The third-order valence-corrected chi connectivity index (χ3v) is 3.87. The molecule has 0 radical (unpaired) electrons. The van der Waals surface area contributed by atoms with Crippen LogP contribution in [-0.2, 0) is 13.2 Å². The van der Waals surface area contributed by atoms with Crippen LogP contribution >= 0.6 is 0 Å². The molecular weight excluding hydrogens is 332 g/mol. The van der Waals surface area contributed by atoms with E-state index in [1.165, 1.54) is 6.07 Å². The van der Waals surface area contributed by atoms with Crippen molar-refractivity contribution in [3.8, 4) is 5.75 Å². The molecule has 0 fully saturated rings. The van der Waals surface area contributed by atoms with E-state index >= 15 is 0 Å². The van der Waals surface area contributed by atoms with Crippen molar-refractivity contribution in [2.24, 2.45) is 0 Å². The minimum atomic E-state index is -0.842. The van der Waals surface area contributed by atoms with E-state index in [2.05, 4.69) is 4.98 Å². The number of carbonyl (C=O) groups excluding carboxylic acids is 1. The second-order valence-corrected chi connectivity index (χ2v) is 5.27. The third kappa shape index (κ3) is 3.03. The van der Waals surface area contributed by atoms with Crippen LogP contribution in [0.1, 0.15) is 23.0 Å². The lowest BCUT2D eigenvalue weighted by atomic mass is 10.1. The highest BCUT2D eigenvalue weighted by molar-refractivity contribution is 6.01. The Hall–Kier alpha value is -3.00. The number of nitrogens with one attached hydrogen (secondary N) is 1. The highest BCUT2D eigenvalue weighted by Gasteiger charge is 2.22. The van der Waals surface area contributed by atoms with Crippen LogP contribution < -0.4 is 10.2 Å². The van der Waals surface area contributed by atoms with Crippen LogP contribution in [0.4, 0.5) is 8.78 Å². The van der Waals surface area contributed by atoms with Gasteiger partial charge in [-0.25, -0.2) is 14.3 Å². The van der Waals surface area contributed by atoms with Crippen molar-refractivity contribution in [3.05, 3.63) is 59.6 Å². The minimum Gasteiger partial charge on any atom is -0.486 e. The Morgan fingerprint density at radius 1 is 1.36 bits per heavy atom. The molecule has 2 aromatic heterocycles. The molecule has 0 aliphatic heterocycles. The van der Waals surface area contributed by atoms with Crippen LogP contribution in [0.3, 0.4) is 0 Å². The van der Waals surface area contributed by atoms with Crippen molar-refractivity contribution >= 4 is 16.8 Å². The predicted octanol–water partition coefficient (Wildman–Crippen LogP) is 3.03. The summed E-state index contributed by atoms with van der Waals surface area (Å²) in [6.07, 6.45) is 3.15. The molecule has 1 amide bonds. The number of benzene rings is 1. The van der Waals surface area contributed by atoms with Gasteiger partial charge in [0.25, 0.3) is 5.91 Å². The zero-order chi connectivity index (χ0) is 18.0. The van der Waals surface area contributed by atoms with Crippen molar-refractivity contribution in [3.63, 3.8) is 0 Å². The molecule has 0 spiro atoms. The largest absolute Gasteiger partial charge is 0.486 e. The molecule has 2 heterocycles. The van der Waals surface area contributed by atoms with Gasteiger partial charge in [0.05, 0.1) is 5.52 Å². The van der Waals surface area contributed by atoms with Gasteiger partial charge in [0.15, 0.2) is 11.6 Å². The number of carbonyl (C=O) groups is 1. The second-order valence-electron chi connectivity index (χ2n) is 5.27. The number of hydrogen-bond acceptors (Lipinski definition) is 4. The summed E-state index contributed by atoms with van der Waals surface area (Å²) in [5.41, 5.74) is 2.98. The van der Waals surface area contributed by atoms with Crippen LogP contribution in [0.15, 0.2) is 36.7 Å². The van der Waals surface area contributed by atoms with E-state index in [1.54, 1.807) is 28.5 Å². The van der Waals surface area contributed by atoms with Gasteiger partial charge in [0.1, 0.15) is 18.1 Å². The lowest BCUT2D eigenvalue weighted by Crippen LogP contribution is -2.24. The Morgan fingerprint density at radius 2 is 2.16 bits per heavy atom. The normalized spacial score (nSPS) is 10.9. The molecule has 0 aliphatic carbocycles. The summed E-state index contributed by atoms with van der Waals surface area (Å²) in [6, 6.07) is 4.70. The monoisotopic (exact) mass is 347 g/mol. The summed E-state index contributed by atoms with van der Waals surface area (Å²) in [6.45, 7) is 2.16. The Bertz CT molecular complexity index is 940. The fraction of sp³-hybridized carbons (Fsp3) is 0.176. The summed E-state index contributed by atoms with van der Waals surface area (Å²) >= 11 is 0. The van der Waals surface area contributed by atoms with Crippen LogP contribution in [0.25, 0.3) is 10.9 Å². The SMILES string of the molecule is CCn1c(C(=O)NO)c(COc2ccc(F)cc2F)c2cnccc21. The quantitative estimate of drug-likeness (QED) is 0.549. The van der Waals surface area contributed by atoms with E-state index in [0.717, 1.165) is 11.6 Å². The number of aromatic nitrogens is 2. The summed E-state index contributed by atoms with van der Waals surface area (Å²) in [7, 11) is 0. The zero-order valence-corrected chi connectivity index (χ0v) is 13.3. The highest BCUT2D eigenvalue weighted by Crippen LogP contribution is 2.28. The molecule has 0 unspecified atom stereocenters. The molecule has 8 heteroatoms. The van der Waals surface area contributed by atoms with E-state index < -0.39 is 17.5 Å². The smallest absolute Gasteiger partial charge is 0.291 e. The van der Waals surface area contributed by atoms with Crippen molar-refractivity contribution in [1.29, 1.82) is 0 Å². The van der Waals surface area contributed by atoms with Crippen molar-refractivity contribution < 1.29 is 23.5 Å². The van der Waals surface area contributed by atoms with E-state index in [0.29, 0.717) is 23.6 Å². The first-order valence-electron chi connectivity index (χ1n) is 7.54. The minimum absolute atomic E-state index is 0.141. The van der Waals surface area contributed by atoms with E-state index in [1.807, 2.05) is 6.92 Å². The fourth-order valence-electron chi connectivity index (χ4n) is 2.80. The van der Waals surface area contributed by atoms with Gasteiger partial charge in [-0.05, 0) is 25.1 Å². The molecule has 0 saturated carbocycles. The molecule has 3 aromatic rings. The first-order chi connectivity index (χ1) is 12.1. The van der Waals surface area contributed by atoms with Crippen molar-refractivity contribution in [2.75, 3.05) is 0 Å². The number of ether oxygens (including phenoxy) is 1. The summed E-state index contributed by atoms with van der Waals surface area (Å²) in [5.74, 6) is -2.41. The Kier molecular flexibility index (Phi) is 4.62. The Morgan fingerprint density at radius 3 is 2.84 bits per heavy atom. The number of halogens is 2. The van der Waals surface area contributed by atoms with Crippen LogP contribution in [0, 0.1) is 11.6 Å². The van der Waals surface area contributed by atoms with Gasteiger partial charge < -0.3 is 9.30 Å². The number of hydrogen-bond donors (Lipinski definition) is 2. The molecule has 130 valence electrons. The summed E-state index contributed by atoms with van der Waals surface area (Å²) in [4.78, 5) is 16.2. The number of rotatable bonds is 5. The summed E-state index contributed by atoms with van der Waals surface area (Å²) in [5, 5.41) is 9.69. The Balaban J connectivity index is 2.06. The van der Waals surface area contributed by atoms with Gasteiger partial charge in [0, 0.05) is 36.0 Å². The van der Waals surface area contributed by atoms with Gasteiger partial charge in [-0.2, -0.15) is 0 Å². The molecule has 0 aliphatic rings. The fourth-order valence-corrected chi connectivity index (χ4v) is 2.80. The number of aryl methyl sites for hydroxylation is 1. The maximum atomic E-state index is 13.8. The zero-order valence-electron chi connectivity index (χ0n) is 13.3. The number of amides is 1. The van der Waals surface area contributed by atoms with E-state index in [-0.39, 0.29) is 18.1 Å². The van der Waals surface area contributed by atoms with E-state index in [9.17, 15) is 13.6 Å². The maximum absolute atomic E-state index is 13.8. The van der Waals surface area contributed by atoms with Gasteiger partial charge in [0.2, 0.25) is 0 Å². The number of hydroxylamine groups is 1. The Labute approximate surface area is 141 Å². The summed E-state index contributed by atoms with van der Waals surface area (Å²) < 4.78 is 33.9. The van der Waals surface area contributed by atoms with Gasteiger partial charge in [-0.15, -0.1) is 0 Å². The van der Waals surface area contributed by atoms with Crippen LogP contribution in [0.2, 0.25) is 0 Å². The van der Waals surface area contributed by atoms with Crippen molar-refractivity contribution in [2.45, 2.75) is 20.1 Å². The predicted molar refractivity (Wildman–Crippen MR) is 85.3 cm³/mol. The molecule has 0 saturated heterocycles. The molecular formula is C17H15F2N3O3. The van der Waals surface area contributed by atoms with Gasteiger partial charge in [-0.3, -0.25) is 15.0 Å². The van der Waals surface area contributed by atoms with E-state index in [4.69, 9.17) is 9.94 Å². The van der Waals surface area contributed by atoms with Crippen molar-refractivity contribution in [1.82, 2.24) is 15.0 Å². The van der Waals surface area contributed by atoms with Gasteiger partial charge >= 0.3 is 0 Å². The van der Waals surface area contributed by atoms with Crippen LogP contribution in [-0.4, -0.2) is 20.7 Å². The van der Waals surface area contributed by atoms with Gasteiger partial charge in [-0.1, -0.05) is 0 Å². The number of fused-ring (bicyclic) bond motifs is 1. The first-order valence-corrected chi connectivity index (χ1v) is 7.54. The molecule has 1 aromatic carbocycles. The standard InChI is InChI=1S/C17H15F2N3O3/c1-2-22-14-5-6-20-8-11(14)12(16(22)17(23)21-24)9-25-15-4-3-10(18)7-13(15)19/h3-8,24H,2,9H2,1H3,(H,21,23). The lowest BCUT2D eigenvalue weighted by Gasteiger charge is -2.10. The highest BCUT2D eigenvalue weighted by atomic mass is 19.1. The number of nitrogens with zero attached hydrogens (tertiary/aromatic N) is 2. The molecule has 3 rings (SSSR count). The maximum Gasteiger partial charge on any atom is 0.291 e. The molecule has 25 heavy (non-hydrogen) atoms. The lowest BCUT2D eigenvalue weighted by molar-refractivity contribution is 0.0694. The average molecular weight is 347 g/mol. The molecule has 0 bridgehead atoms. The average Bonchev–Trinajstić information content (AvgIpc) is 2.94. The molecule has 6 nitrogen and oxygen atoms in total. The molecule has 0 atom stereocenters. The number of pyridine rings is 1. The molecule has 2 N–H and O–H groups in total.